The molecule has 0 spiro atoms. The number of halogens is 10. The molecule has 6 heterocycles. The van der Waals surface area contributed by atoms with Crippen LogP contribution in [-0.4, -0.2) is 19.1 Å². The second-order valence-electron chi connectivity index (χ2n) is 16.2. The molecule has 16 heteroatoms. The van der Waals surface area contributed by atoms with Gasteiger partial charge in [0.05, 0.1) is 57.0 Å². The van der Waals surface area contributed by atoms with Crippen molar-refractivity contribution in [2.75, 3.05) is 0 Å². The Kier molecular flexibility index (Phi) is 9.60. The molecule has 12 aromatic rings. The lowest BCUT2D eigenvalue weighted by atomic mass is 10.0. The summed E-state index contributed by atoms with van der Waals surface area (Å²) in [7, 11) is 0. The van der Waals surface area contributed by atoms with Crippen LogP contribution in [0.5, 0.6) is 0 Å². The second-order valence-corrected chi connectivity index (χ2v) is 16.2. The quantitative estimate of drug-likeness (QED) is 0.0907. The first-order chi connectivity index (χ1) is 33.9. The fourth-order valence-corrected chi connectivity index (χ4v) is 9.03. The number of hydrogen-bond acceptors (Lipinski definition) is 4. The predicted molar refractivity (Wildman–Crippen MR) is 242 cm³/mol. The van der Waals surface area contributed by atoms with Crippen LogP contribution in [0.2, 0.25) is 0 Å². The average molecular weight is 951 g/mol. The molecule has 342 valence electrons. The zero-order valence-corrected chi connectivity index (χ0v) is 35.2. The molecule has 0 unspecified atom stereocenters. The van der Waals surface area contributed by atoms with Crippen molar-refractivity contribution in [2.45, 2.75) is 0 Å². The maximum absolute atomic E-state index is 15.3. The lowest BCUT2D eigenvalue weighted by molar-refractivity contribution is 0.381. The molecule has 0 bridgehead atoms. The Bertz CT molecular complexity index is 3820. The zero-order chi connectivity index (χ0) is 48.3. The van der Waals surface area contributed by atoms with E-state index in [1.165, 1.54) is 48.8 Å². The van der Waals surface area contributed by atoms with Crippen molar-refractivity contribution in [3.05, 3.63) is 204 Å². The number of fused-ring (bicyclic) bond motifs is 6. The topological polar surface area (TPSA) is 61.9 Å². The van der Waals surface area contributed by atoms with Gasteiger partial charge in [0, 0.05) is 44.8 Å². The van der Waals surface area contributed by atoms with Gasteiger partial charge in [0.1, 0.15) is 11.5 Å². The van der Waals surface area contributed by atoms with Crippen LogP contribution in [0.3, 0.4) is 0 Å². The molecule has 6 nitrogen and oxygen atoms in total. The number of hydrogen-bond donors (Lipinski definition) is 0. The van der Waals surface area contributed by atoms with Crippen LogP contribution in [0.15, 0.2) is 155 Å². The van der Waals surface area contributed by atoms with Crippen LogP contribution in [0.4, 0.5) is 43.9 Å². The summed E-state index contributed by atoms with van der Waals surface area (Å²) in [5, 5.41) is 1.33. The van der Waals surface area contributed by atoms with Crippen LogP contribution in [0, 0.1) is 58.2 Å². The maximum Gasteiger partial charge on any atom is 0.205 e. The summed E-state index contributed by atoms with van der Waals surface area (Å²) in [6.07, 6.45) is 2.97. The Morgan fingerprint density at radius 3 is 1.03 bits per heavy atom. The fourth-order valence-electron chi connectivity index (χ4n) is 9.03. The third-order valence-corrected chi connectivity index (χ3v) is 12.3. The second kappa shape index (κ2) is 15.8. The van der Waals surface area contributed by atoms with E-state index in [1.807, 2.05) is 60.7 Å². The zero-order valence-electron chi connectivity index (χ0n) is 35.2. The van der Waals surface area contributed by atoms with E-state index >= 15 is 17.6 Å². The van der Waals surface area contributed by atoms with Crippen molar-refractivity contribution in [1.82, 2.24) is 19.1 Å². The Labute approximate surface area is 386 Å². The molecule has 0 radical (unpaired) electrons. The van der Waals surface area contributed by atoms with Crippen molar-refractivity contribution in [2.24, 2.45) is 0 Å². The summed E-state index contributed by atoms with van der Waals surface area (Å²) in [6, 6.07) is 36.4. The van der Waals surface area contributed by atoms with Gasteiger partial charge in [-0.3, -0.25) is 19.1 Å². The van der Waals surface area contributed by atoms with Crippen molar-refractivity contribution >= 4 is 43.6 Å². The molecule has 0 aliphatic carbocycles. The molecule has 0 saturated heterocycles. The van der Waals surface area contributed by atoms with E-state index in [4.69, 9.17) is 18.8 Å². The SMILES string of the molecule is Fc1c(F)c(F)c(-c2ccc3c(c2)c2cc(-c4cc5c6cc(-c7c(F)c(F)c(F)c(F)c7F)ccc6n(-c6ccc(-c7ccccc7)o6)c5cn4)ncc2n3-c2ccc(-c3ccccc3)o2)c(F)c1F. The number of furan rings is 2. The number of pyridine rings is 2. The fraction of sp³-hybridized carbons (Fsp3) is 0. The van der Waals surface area contributed by atoms with Gasteiger partial charge >= 0.3 is 0 Å². The Morgan fingerprint density at radius 2 is 0.657 bits per heavy atom. The molecule has 0 atom stereocenters. The molecule has 0 aliphatic rings. The van der Waals surface area contributed by atoms with E-state index in [-0.39, 0.29) is 33.3 Å². The molecule has 6 aromatic heterocycles. The minimum Gasteiger partial charge on any atom is -0.440 e. The van der Waals surface area contributed by atoms with E-state index in [0.29, 0.717) is 56.1 Å². The number of benzene rings is 6. The van der Waals surface area contributed by atoms with Gasteiger partial charge in [-0.1, -0.05) is 72.8 Å². The van der Waals surface area contributed by atoms with E-state index in [0.717, 1.165) is 11.1 Å². The van der Waals surface area contributed by atoms with Crippen molar-refractivity contribution in [3.63, 3.8) is 0 Å². The van der Waals surface area contributed by atoms with E-state index in [9.17, 15) is 26.3 Å². The first-order valence-electron chi connectivity index (χ1n) is 21.1. The smallest absolute Gasteiger partial charge is 0.205 e. The van der Waals surface area contributed by atoms with Crippen molar-refractivity contribution in [3.8, 4) is 68.1 Å². The monoisotopic (exact) mass is 950 g/mol. The number of rotatable bonds is 7. The van der Waals surface area contributed by atoms with Gasteiger partial charge < -0.3 is 8.83 Å². The third kappa shape index (κ3) is 6.36. The van der Waals surface area contributed by atoms with E-state index < -0.39 is 69.3 Å². The molecular weight excluding hydrogens is 927 g/mol. The van der Waals surface area contributed by atoms with Crippen LogP contribution in [0.1, 0.15) is 0 Å². The average Bonchev–Trinajstić information content (AvgIpc) is 4.21. The normalized spacial score (nSPS) is 11.9. The van der Waals surface area contributed by atoms with Gasteiger partial charge in [-0.05, 0) is 59.7 Å². The first kappa shape index (κ1) is 42.4. The summed E-state index contributed by atoms with van der Waals surface area (Å²) in [5.74, 6) is -19.6. The molecule has 0 N–H and O–H groups in total. The van der Waals surface area contributed by atoms with Crippen LogP contribution < -0.4 is 0 Å². The van der Waals surface area contributed by atoms with Gasteiger partial charge in [0.2, 0.25) is 23.4 Å². The van der Waals surface area contributed by atoms with E-state index in [1.54, 1.807) is 45.5 Å². The highest BCUT2D eigenvalue weighted by atomic mass is 19.2. The lowest BCUT2D eigenvalue weighted by Crippen LogP contribution is -2.04. The molecule has 70 heavy (non-hydrogen) atoms. The lowest BCUT2D eigenvalue weighted by Gasteiger charge is -2.09. The summed E-state index contributed by atoms with van der Waals surface area (Å²) >= 11 is 0. The summed E-state index contributed by atoms with van der Waals surface area (Å²) in [5.41, 5.74) is 0.606. The van der Waals surface area contributed by atoms with Crippen LogP contribution in [-0.2, 0) is 0 Å². The molecule has 0 aliphatic heterocycles. The van der Waals surface area contributed by atoms with Gasteiger partial charge in [0.15, 0.2) is 46.5 Å². The Morgan fingerprint density at radius 1 is 0.314 bits per heavy atom. The molecular formula is C54H24F10N4O2. The van der Waals surface area contributed by atoms with Crippen molar-refractivity contribution in [1.29, 1.82) is 0 Å². The van der Waals surface area contributed by atoms with Gasteiger partial charge in [0.25, 0.3) is 0 Å². The summed E-state index contributed by atoms with van der Waals surface area (Å²) in [4.78, 5) is 9.48. The highest BCUT2D eigenvalue weighted by molar-refractivity contribution is 6.13. The molecule has 0 amide bonds. The predicted octanol–water partition coefficient (Wildman–Crippen LogP) is 15.6. The third-order valence-electron chi connectivity index (χ3n) is 12.3. The summed E-state index contributed by atoms with van der Waals surface area (Å²) in [6.45, 7) is 0. The minimum absolute atomic E-state index is 0.209. The largest absolute Gasteiger partial charge is 0.440 e. The Hall–Kier alpha value is -8.92. The summed E-state index contributed by atoms with van der Waals surface area (Å²) < 4.78 is 164. The first-order valence-corrected chi connectivity index (χ1v) is 21.1. The highest BCUT2D eigenvalue weighted by Crippen LogP contribution is 2.42. The Balaban J connectivity index is 1.08. The molecule has 0 fully saturated rings. The number of nitrogens with zero attached hydrogens (tertiary/aromatic N) is 4. The van der Waals surface area contributed by atoms with E-state index in [2.05, 4.69) is 0 Å². The van der Waals surface area contributed by atoms with Crippen LogP contribution in [0.25, 0.3) is 112 Å². The standard InChI is InChI=1S/C54H24F10N4O2/c55-45-43(46(56)50(60)53(63)49(45)59)27-11-13-35-29(19-27)31-21-33(65-23-37(31)67(35)41-17-15-39(69-41)25-7-3-1-4-8-25)34-22-32-30-20-28(44-47(57)51(61)54(64)52(62)48(44)58)12-14-36(30)68(38(32)24-66-34)42-18-16-40(70-42)26-9-5-2-6-10-26/h1-24H. The minimum atomic E-state index is -2.30. The molecule has 12 rings (SSSR count). The van der Waals surface area contributed by atoms with Gasteiger partial charge in [-0.2, -0.15) is 0 Å². The maximum atomic E-state index is 15.3. The van der Waals surface area contributed by atoms with Crippen molar-refractivity contribution < 1.29 is 52.7 Å². The molecule has 6 aromatic carbocycles. The van der Waals surface area contributed by atoms with Gasteiger partial charge in [-0.15, -0.1) is 0 Å². The number of aromatic nitrogens is 4. The van der Waals surface area contributed by atoms with Gasteiger partial charge in [-0.25, -0.2) is 43.9 Å². The highest BCUT2D eigenvalue weighted by Gasteiger charge is 2.30. The molecule has 0 saturated carbocycles. The van der Waals surface area contributed by atoms with Crippen LogP contribution >= 0.6 is 0 Å².